The second kappa shape index (κ2) is 4.13. The molecule has 0 aliphatic carbocycles. The minimum absolute atomic E-state index is 0.0377. The van der Waals surface area contributed by atoms with Crippen LogP contribution in [-0.2, 0) is 4.79 Å². The lowest BCUT2D eigenvalue weighted by atomic mass is 10.1. The van der Waals surface area contributed by atoms with Crippen molar-refractivity contribution in [2.24, 2.45) is 0 Å². The first-order valence-corrected chi connectivity index (χ1v) is 6.83. The van der Waals surface area contributed by atoms with E-state index in [0.717, 1.165) is 26.9 Å². The SMILES string of the molecule is O=C1Nc2ccc(Br)cc2/C1=C/c1ccsc1. The molecule has 3 rings (SSSR count). The van der Waals surface area contributed by atoms with E-state index in [0.29, 0.717) is 0 Å². The Morgan fingerprint density at radius 3 is 2.94 bits per heavy atom. The summed E-state index contributed by atoms with van der Waals surface area (Å²) in [6.07, 6.45) is 1.92. The zero-order chi connectivity index (χ0) is 11.8. The summed E-state index contributed by atoms with van der Waals surface area (Å²) in [4.78, 5) is 11.9. The third kappa shape index (κ3) is 1.94. The minimum Gasteiger partial charge on any atom is -0.321 e. The van der Waals surface area contributed by atoms with Gasteiger partial charge in [-0.2, -0.15) is 11.3 Å². The number of benzene rings is 1. The van der Waals surface area contributed by atoms with Gasteiger partial charge in [0.05, 0.1) is 0 Å². The summed E-state index contributed by atoms with van der Waals surface area (Å²) >= 11 is 5.05. The van der Waals surface area contributed by atoms with Gasteiger partial charge < -0.3 is 5.32 Å². The number of hydrogen-bond acceptors (Lipinski definition) is 2. The van der Waals surface area contributed by atoms with Crippen molar-refractivity contribution in [3.05, 3.63) is 50.6 Å². The Hall–Kier alpha value is -1.39. The molecule has 2 aromatic rings. The van der Waals surface area contributed by atoms with Gasteiger partial charge in [0.2, 0.25) is 0 Å². The van der Waals surface area contributed by atoms with Crippen molar-refractivity contribution in [2.75, 3.05) is 5.32 Å². The van der Waals surface area contributed by atoms with Crippen LogP contribution in [0.2, 0.25) is 0 Å². The van der Waals surface area contributed by atoms with Crippen LogP contribution in [0, 0.1) is 0 Å². The van der Waals surface area contributed by atoms with Gasteiger partial charge in [-0.25, -0.2) is 0 Å². The molecule has 0 spiro atoms. The molecule has 0 radical (unpaired) electrons. The van der Waals surface area contributed by atoms with E-state index in [-0.39, 0.29) is 5.91 Å². The zero-order valence-corrected chi connectivity index (χ0v) is 11.1. The second-order valence-corrected chi connectivity index (χ2v) is 5.45. The number of carbonyl (C=O) groups excluding carboxylic acids is 1. The van der Waals surface area contributed by atoms with Crippen LogP contribution in [0.15, 0.2) is 39.5 Å². The summed E-state index contributed by atoms with van der Waals surface area (Å²) < 4.78 is 0.976. The topological polar surface area (TPSA) is 29.1 Å². The largest absolute Gasteiger partial charge is 0.321 e. The summed E-state index contributed by atoms with van der Waals surface area (Å²) in [5, 5.41) is 6.89. The average Bonchev–Trinajstić information content (AvgIpc) is 2.90. The van der Waals surface area contributed by atoms with Crippen molar-refractivity contribution in [1.82, 2.24) is 0 Å². The van der Waals surface area contributed by atoms with Crippen LogP contribution in [0.1, 0.15) is 11.1 Å². The monoisotopic (exact) mass is 305 g/mol. The fourth-order valence-corrected chi connectivity index (χ4v) is 2.81. The van der Waals surface area contributed by atoms with E-state index < -0.39 is 0 Å². The molecule has 4 heteroatoms. The summed E-state index contributed by atoms with van der Waals surface area (Å²) in [7, 11) is 0. The Balaban J connectivity index is 2.13. The first kappa shape index (κ1) is 10.7. The van der Waals surface area contributed by atoms with E-state index in [1.54, 1.807) is 11.3 Å². The van der Waals surface area contributed by atoms with E-state index >= 15 is 0 Å². The Bertz CT molecular complexity index is 616. The molecule has 0 fully saturated rings. The maximum absolute atomic E-state index is 11.9. The van der Waals surface area contributed by atoms with Crippen molar-refractivity contribution in [1.29, 1.82) is 0 Å². The average molecular weight is 306 g/mol. The normalized spacial score (nSPS) is 16.1. The third-order valence-corrected chi connectivity index (χ3v) is 3.81. The highest BCUT2D eigenvalue weighted by atomic mass is 79.9. The van der Waals surface area contributed by atoms with Crippen LogP contribution in [0.25, 0.3) is 11.6 Å². The highest BCUT2D eigenvalue weighted by Gasteiger charge is 2.23. The lowest BCUT2D eigenvalue weighted by molar-refractivity contribution is -0.110. The maximum atomic E-state index is 11.9. The molecular weight excluding hydrogens is 298 g/mol. The molecule has 1 amide bonds. The van der Waals surface area contributed by atoms with Crippen molar-refractivity contribution < 1.29 is 4.79 Å². The second-order valence-electron chi connectivity index (χ2n) is 3.76. The molecule has 0 saturated heterocycles. The van der Waals surface area contributed by atoms with Gasteiger partial charge in [0, 0.05) is 21.3 Å². The van der Waals surface area contributed by atoms with E-state index in [1.165, 1.54) is 0 Å². The van der Waals surface area contributed by atoms with Gasteiger partial charge in [-0.3, -0.25) is 4.79 Å². The summed E-state index contributed by atoms with van der Waals surface area (Å²) in [5.74, 6) is -0.0377. The summed E-state index contributed by atoms with van der Waals surface area (Å²) in [6, 6.07) is 7.80. The number of rotatable bonds is 1. The van der Waals surface area contributed by atoms with Crippen molar-refractivity contribution in [3.8, 4) is 0 Å². The number of halogens is 1. The van der Waals surface area contributed by atoms with Gasteiger partial charge in [-0.15, -0.1) is 0 Å². The Labute approximate surface area is 111 Å². The van der Waals surface area contributed by atoms with Gasteiger partial charge in [0.1, 0.15) is 0 Å². The maximum Gasteiger partial charge on any atom is 0.256 e. The lowest BCUT2D eigenvalue weighted by Gasteiger charge is -1.98. The van der Waals surface area contributed by atoms with Crippen molar-refractivity contribution in [2.45, 2.75) is 0 Å². The molecule has 17 heavy (non-hydrogen) atoms. The van der Waals surface area contributed by atoms with E-state index in [2.05, 4.69) is 21.2 Å². The van der Waals surface area contributed by atoms with Gasteiger partial charge in [-0.05, 0) is 46.7 Å². The van der Waals surface area contributed by atoms with Crippen LogP contribution in [-0.4, -0.2) is 5.91 Å². The number of nitrogens with one attached hydrogen (secondary N) is 1. The smallest absolute Gasteiger partial charge is 0.256 e. The third-order valence-electron chi connectivity index (χ3n) is 2.62. The van der Waals surface area contributed by atoms with Gasteiger partial charge >= 0.3 is 0 Å². The van der Waals surface area contributed by atoms with Gasteiger partial charge in [0.25, 0.3) is 5.91 Å². The molecule has 0 unspecified atom stereocenters. The van der Waals surface area contributed by atoms with Crippen LogP contribution < -0.4 is 5.32 Å². The molecule has 0 saturated carbocycles. The van der Waals surface area contributed by atoms with E-state index in [4.69, 9.17) is 0 Å². The number of carbonyl (C=O) groups is 1. The first-order chi connectivity index (χ1) is 8.24. The molecule has 1 aromatic heterocycles. The molecule has 84 valence electrons. The number of hydrogen-bond donors (Lipinski definition) is 1. The predicted molar refractivity (Wildman–Crippen MR) is 75.0 cm³/mol. The Morgan fingerprint density at radius 2 is 2.18 bits per heavy atom. The van der Waals surface area contributed by atoms with Crippen LogP contribution in [0.3, 0.4) is 0 Å². The lowest BCUT2D eigenvalue weighted by Crippen LogP contribution is -2.03. The zero-order valence-electron chi connectivity index (χ0n) is 8.74. The quantitative estimate of drug-likeness (QED) is 0.793. The molecule has 1 aromatic carbocycles. The summed E-state index contributed by atoms with van der Waals surface area (Å²) in [5.41, 5.74) is 3.61. The Morgan fingerprint density at radius 1 is 1.29 bits per heavy atom. The van der Waals surface area contributed by atoms with E-state index in [9.17, 15) is 4.79 Å². The number of amides is 1. The summed E-state index contributed by atoms with van der Waals surface area (Å²) in [6.45, 7) is 0. The number of anilines is 1. The van der Waals surface area contributed by atoms with Crippen LogP contribution in [0.5, 0.6) is 0 Å². The van der Waals surface area contributed by atoms with E-state index in [1.807, 2.05) is 41.1 Å². The molecule has 0 bridgehead atoms. The van der Waals surface area contributed by atoms with Crippen molar-refractivity contribution >= 4 is 50.5 Å². The highest BCUT2D eigenvalue weighted by Crippen LogP contribution is 2.35. The minimum atomic E-state index is -0.0377. The molecule has 1 N–H and O–H groups in total. The molecule has 1 aliphatic rings. The number of fused-ring (bicyclic) bond motifs is 1. The fourth-order valence-electron chi connectivity index (χ4n) is 1.83. The van der Waals surface area contributed by atoms with Gasteiger partial charge in [-0.1, -0.05) is 15.9 Å². The first-order valence-electron chi connectivity index (χ1n) is 5.09. The molecule has 2 heterocycles. The van der Waals surface area contributed by atoms with Crippen LogP contribution >= 0.6 is 27.3 Å². The molecule has 0 atom stereocenters. The highest BCUT2D eigenvalue weighted by molar-refractivity contribution is 9.10. The van der Waals surface area contributed by atoms with Gasteiger partial charge in [0.15, 0.2) is 0 Å². The Kier molecular flexibility index (Phi) is 2.61. The molecule has 2 nitrogen and oxygen atoms in total. The predicted octanol–water partition coefficient (Wildman–Crippen LogP) is 4.00. The fraction of sp³-hybridized carbons (Fsp3) is 0. The number of thiophene rings is 1. The molecular formula is C13H8BrNOS. The molecule has 1 aliphatic heterocycles. The van der Waals surface area contributed by atoms with Crippen LogP contribution in [0.4, 0.5) is 5.69 Å². The van der Waals surface area contributed by atoms with Crippen molar-refractivity contribution in [3.63, 3.8) is 0 Å². The standard InChI is InChI=1S/C13H8BrNOS/c14-9-1-2-12-10(6-9)11(13(16)15-12)5-8-3-4-17-7-8/h1-7H,(H,15,16)/b11-5-.